The summed E-state index contributed by atoms with van der Waals surface area (Å²) in [6.07, 6.45) is 4.72. The van der Waals surface area contributed by atoms with Crippen molar-refractivity contribution in [3.8, 4) is 0 Å². The van der Waals surface area contributed by atoms with Gasteiger partial charge in [-0.3, -0.25) is 19.3 Å². The van der Waals surface area contributed by atoms with Crippen molar-refractivity contribution in [3.05, 3.63) is 47.5 Å². The van der Waals surface area contributed by atoms with Gasteiger partial charge in [0.15, 0.2) is 0 Å². The molecule has 0 spiro atoms. The molecule has 0 radical (unpaired) electrons. The van der Waals surface area contributed by atoms with Gasteiger partial charge in [-0.25, -0.2) is 5.43 Å². The minimum absolute atomic E-state index is 0.0104. The number of imide groups is 1. The maximum Gasteiger partial charge on any atom is 0.271 e. The van der Waals surface area contributed by atoms with Crippen LogP contribution in [0.15, 0.2) is 36.0 Å². The zero-order valence-electron chi connectivity index (χ0n) is 16.5. The van der Waals surface area contributed by atoms with Crippen LogP contribution in [0.1, 0.15) is 71.1 Å². The van der Waals surface area contributed by atoms with Crippen LogP contribution in [0.2, 0.25) is 0 Å². The van der Waals surface area contributed by atoms with Crippen LogP contribution in [-0.4, -0.2) is 34.9 Å². The summed E-state index contributed by atoms with van der Waals surface area (Å²) in [6.45, 7) is 10.5. The van der Waals surface area contributed by atoms with Crippen LogP contribution in [0.3, 0.4) is 0 Å². The zero-order valence-corrected chi connectivity index (χ0v) is 16.5. The molecule has 3 aliphatic rings. The SMILES string of the molecule is C=CCN1C(=O)c2ccc(C(=O)N/N=C3\C[C@@H]4CC[C@]3(C)C4(C)C)cc2C1=O. The number of hydrogen-bond acceptors (Lipinski definition) is 4. The van der Waals surface area contributed by atoms with E-state index in [1.165, 1.54) is 24.6 Å². The second-order valence-electron chi connectivity index (χ2n) is 8.76. The maximum atomic E-state index is 12.6. The summed E-state index contributed by atoms with van der Waals surface area (Å²) in [7, 11) is 0. The third kappa shape index (κ3) is 2.40. The van der Waals surface area contributed by atoms with Crippen molar-refractivity contribution in [2.75, 3.05) is 6.54 Å². The lowest BCUT2D eigenvalue weighted by atomic mass is 9.70. The Morgan fingerprint density at radius 3 is 2.61 bits per heavy atom. The summed E-state index contributed by atoms with van der Waals surface area (Å²) in [4.78, 5) is 38.5. The first kappa shape index (κ1) is 18.6. The molecule has 6 heteroatoms. The lowest BCUT2D eigenvalue weighted by Crippen LogP contribution is -2.34. The van der Waals surface area contributed by atoms with Crippen LogP contribution < -0.4 is 5.43 Å². The molecule has 146 valence electrons. The minimum Gasteiger partial charge on any atom is -0.270 e. The number of rotatable bonds is 4. The molecule has 2 atom stereocenters. The summed E-state index contributed by atoms with van der Waals surface area (Å²) in [5.41, 5.74) is 4.79. The lowest BCUT2D eigenvalue weighted by molar-refractivity contribution is 0.0672. The number of nitrogens with zero attached hydrogens (tertiary/aromatic N) is 2. The molecule has 0 unspecified atom stereocenters. The number of nitrogens with one attached hydrogen (secondary N) is 1. The monoisotopic (exact) mass is 379 g/mol. The van der Waals surface area contributed by atoms with Crippen molar-refractivity contribution in [2.45, 2.75) is 40.0 Å². The van der Waals surface area contributed by atoms with E-state index in [9.17, 15) is 14.4 Å². The Kier molecular flexibility index (Phi) is 4.07. The van der Waals surface area contributed by atoms with E-state index < -0.39 is 5.91 Å². The highest BCUT2D eigenvalue weighted by molar-refractivity contribution is 6.22. The largest absolute Gasteiger partial charge is 0.271 e. The van der Waals surface area contributed by atoms with Gasteiger partial charge in [0.2, 0.25) is 0 Å². The van der Waals surface area contributed by atoms with Gasteiger partial charge in [0.05, 0.1) is 11.1 Å². The number of fused-ring (bicyclic) bond motifs is 3. The normalized spacial score (nSPS) is 28.8. The molecule has 4 rings (SSSR count). The van der Waals surface area contributed by atoms with Gasteiger partial charge in [0.25, 0.3) is 17.7 Å². The molecule has 1 heterocycles. The molecule has 1 aromatic carbocycles. The molecule has 2 aliphatic carbocycles. The molecule has 1 aliphatic heterocycles. The first-order valence-corrected chi connectivity index (χ1v) is 9.69. The fourth-order valence-electron chi connectivity index (χ4n) is 5.01. The molecule has 0 saturated heterocycles. The molecular weight excluding hydrogens is 354 g/mol. The predicted molar refractivity (Wildman–Crippen MR) is 106 cm³/mol. The van der Waals surface area contributed by atoms with Crippen molar-refractivity contribution in [1.29, 1.82) is 0 Å². The Hall–Kier alpha value is -2.76. The van der Waals surface area contributed by atoms with E-state index >= 15 is 0 Å². The molecule has 28 heavy (non-hydrogen) atoms. The second kappa shape index (κ2) is 6.12. The van der Waals surface area contributed by atoms with E-state index in [1.54, 1.807) is 6.07 Å². The van der Waals surface area contributed by atoms with Gasteiger partial charge in [-0.15, -0.1) is 6.58 Å². The predicted octanol–water partition coefficient (Wildman–Crippen LogP) is 3.40. The third-order valence-electron chi connectivity index (χ3n) is 7.35. The number of carbonyl (C=O) groups excluding carboxylic acids is 3. The van der Waals surface area contributed by atoms with Crippen molar-refractivity contribution < 1.29 is 14.4 Å². The van der Waals surface area contributed by atoms with Gasteiger partial charge in [-0.2, -0.15) is 5.10 Å². The van der Waals surface area contributed by atoms with Crippen molar-refractivity contribution in [2.24, 2.45) is 21.8 Å². The highest BCUT2D eigenvalue weighted by atomic mass is 16.2. The Bertz CT molecular complexity index is 946. The fourth-order valence-corrected chi connectivity index (χ4v) is 5.01. The van der Waals surface area contributed by atoms with Crippen LogP contribution in [-0.2, 0) is 0 Å². The van der Waals surface area contributed by atoms with Crippen LogP contribution >= 0.6 is 0 Å². The molecule has 1 N–H and O–H groups in total. The van der Waals surface area contributed by atoms with Gasteiger partial charge >= 0.3 is 0 Å². The van der Waals surface area contributed by atoms with E-state index in [4.69, 9.17) is 0 Å². The number of benzene rings is 1. The van der Waals surface area contributed by atoms with Gasteiger partial charge in [-0.05, 0) is 48.8 Å². The summed E-state index contributed by atoms with van der Waals surface area (Å²) in [5, 5.41) is 4.46. The van der Waals surface area contributed by atoms with Crippen LogP contribution in [0.5, 0.6) is 0 Å². The number of hydrazone groups is 1. The second-order valence-corrected chi connectivity index (χ2v) is 8.76. The first-order valence-electron chi connectivity index (χ1n) is 9.69. The molecule has 2 fully saturated rings. The molecule has 0 aromatic heterocycles. The zero-order chi connectivity index (χ0) is 20.3. The molecule has 1 aromatic rings. The van der Waals surface area contributed by atoms with Crippen LogP contribution in [0.4, 0.5) is 0 Å². The molecule has 2 bridgehead atoms. The van der Waals surface area contributed by atoms with Gasteiger partial charge < -0.3 is 0 Å². The highest BCUT2D eigenvalue weighted by Crippen LogP contribution is 2.63. The fraction of sp³-hybridized carbons (Fsp3) is 0.455. The van der Waals surface area contributed by atoms with E-state index in [0.29, 0.717) is 17.0 Å². The van der Waals surface area contributed by atoms with Crippen molar-refractivity contribution in [3.63, 3.8) is 0 Å². The third-order valence-corrected chi connectivity index (χ3v) is 7.35. The Morgan fingerprint density at radius 2 is 2.00 bits per heavy atom. The number of amides is 3. The summed E-state index contributed by atoms with van der Waals surface area (Å²) < 4.78 is 0. The smallest absolute Gasteiger partial charge is 0.270 e. The quantitative estimate of drug-likeness (QED) is 0.495. The first-order chi connectivity index (χ1) is 13.2. The topological polar surface area (TPSA) is 78.8 Å². The lowest BCUT2D eigenvalue weighted by Gasteiger charge is -2.34. The van der Waals surface area contributed by atoms with E-state index in [2.05, 4.69) is 37.9 Å². The van der Waals surface area contributed by atoms with Crippen molar-refractivity contribution >= 4 is 23.4 Å². The van der Waals surface area contributed by atoms with Gasteiger partial charge in [-0.1, -0.05) is 26.8 Å². The summed E-state index contributed by atoms with van der Waals surface area (Å²) >= 11 is 0. The molecule has 3 amide bonds. The van der Waals surface area contributed by atoms with E-state index in [0.717, 1.165) is 23.5 Å². The Morgan fingerprint density at radius 1 is 1.29 bits per heavy atom. The minimum atomic E-state index is -0.400. The van der Waals surface area contributed by atoms with Crippen LogP contribution in [0.25, 0.3) is 0 Å². The molecular formula is C22H25N3O3. The molecule has 6 nitrogen and oxygen atoms in total. The van der Waals surface area contributed by atoms with Gasteiger partial charge in [0, 0.05) is 23.2 Å². The number of carbonyl (C=O) groups is 3. The van der Waals surface area contributed by atoms with E-state index in [-0.39, 0.29) is 34.8 Å². The Balaban J connectivity index is 1.55. The maximum absolute atomic E-state index is 12.6. The summed E-state index contributed by atoms with van der Waals surface area (Å²) in [6, 6.07) is 4.56. The van der Waals surface area contributed by atoms with Crippen molar-refractivity contribution in [1.82, 2.24) is 10.3 Å². The van der Waals surface area contributed by atoms with Crippen LogP contribution in [0, 0.1) is 16.7 Å². The molecule has 2 saturated carbocycles. The number of hydrogen-bond donors (Lipinski definition) is 1. The highest BCUT2D eigenvalue weighted by Gasteiger charge is 2.60. The summed E-state index contributed by atoms with van der Waals surface area (Å²) in [5.74, 6) is -0.526. The van der Waals surface area contributed by atoms with E-state index in [1.807, 2.05) is 0 Å². The standard InChI is InChI=1S/C22H25N3O3/c1-5-10-25-19(27)15-7-6-13(11-16(15)20(25)28)18(26)24-23-17-12-14-8-9-22(17,4)21(14,2)3/h5-7,11,14H,1,8-10,12H2,2-4H3,(H,24,26)/b23-17+/t14-,22-/m0/s1. The average Bonchev–Trinajstić information content (AvgIpc) is 3.12. The Labute approximate surface area is 164 Å². The van der Waals surface area contributed by atoms with Gasteiger partial charge in [0.1, 0.15) is 0 Å². The average molecular weight is 379 g/mol.